The van der Waals surface area contributed by atoms with Crippen molar-refractivity contribution in [2.24, 2.45) is 0 Å². The van der Waals surface area contributed by atoms with Gasteiger partial charge in [0.25, 0.3) is 0 Å². The van der Waals surface area contributed by atoms with Gasteiger partial charge in [-0.2, -0.15) is 4.98 Å². The van der Waals surface area contributed by atoms with E-state index in [0.29, 0.717) is 17.1 Å². The van der Waals surface area contributed by atoms with Crippen molar-refractivity contribution in [1.29, 1.82) is 0 Å². The summed E-state index contributed by atoms with van der Waals surface area (Å²) >= 11 is 6.35. The molecule has 192 valence electrons. The number of aromatic nitrogens is 2. The van der Waals surface area contributed by atoms with Crippen LogP contribution >= 0.6 is 11.6 Å². The van der Waals surface area contributed by atoms with Crippen molar-refractivity contribution in [3.63, 3.8) is 0 Å². The molecule has 37 heavy (non-hydrogen) atoms. The monoisotopic (exact) mass is 540 g/mol. The van der Waals surface area contributed by atoms with E-state index in [1.54, 1.807) is 57.4 Å². The minimum Gasteiger partial charge on any atom is -0.495 e. The van der Waals surface area contributed by atoms with Crippen LogP contribution in [0.2, 0.25) is 5.02 Å². The molecular formula is C27H26ClFN4O3S. The molecule has 0 aliphatic carbocycles. The van der Waals surface area contributed by atoms with Gasteiger partial charge in [0, 0.05) is 0 Å². The van der Waals surface area contributed by atoms with Gasteiger partial charge < -0.3 is 15.4 Å². The predicted molar refractivity (Wildman–Crippen MR) is 145 cm³/mol. The second kappa shape index (κ2) is 10.7. The molecular weight excluding hydrogens is 515 g/mol. The zero-order valence-corrected chi connectivity index (χ0v) is 22.3. The topological polar surface area (TPSA) is 93.2 Å². The third kappa shape index (κ3) is 5.68. The van der Waals surface area contributed by atoms with E-state index in [9.17, 15) is 12.8 Å². The molecule has 7 nitrogen and oxygen atoms in total. The first-order valence-electron chi connectivity index (χ1n) is 11.4. The average Bonchev–Trinajstić information content (AvgIpc) is 2.87. The number of nitrogens with one attached hydrogen (secondary N) is 2. The first-order valence-corrected chi connectivity index (χ1v) is 13.4. The molecule has 0 radical (unpaired) electrons. The van der Waals surface area contributed by atoms with Gasteiger partial charge in [-0.15, -0.1) is 0 Å². The van der Waals surface area contributed by atoms with E-state index in [1.807, 2.05) is 19.1 Å². The third-order valence-corrected chi connectivity index (χ3v) is 8.25. The summed E-state index contributed by atoms with van der Waals surface area (Å²) in [6, 6.07) is 16.6. The molecule has 4 rings (SSSR count). The summed E-state index contributed by atoms with van der Waals surface area (Å²) in [5, 5.41) is 5.81. The molecule has 10 heteroatoms. The molecule has 0 fully saturated rings. The lowest BCUT2D eigenvalue weighted by molar-refractivity contribution is 0.417. The molecule has 2 N–H and O–H groups in total. The first-order chi connectivity index (χ1) is 17.6. The summed E-state index contributed by atoms with van der Waals surface area (Å²) in [4.78, 5) is 8.89. The van der Waals surface area contributed by atoms with Gasteiger partial charge >= 0.3 is 0 Å². The van der Waals surface area contributed by atoms with Crippen LogP contribution in [0.1, 0.15) is 19.4 Å². The maximum absolute atomic E-state index is 13.4. The number of nitrogens with zero attached hydrogens (tertiary/aromatic N) is 2. The molecule has 1 aromatic heterocycles. The molecule has 0 spiro atoms. The molecule has 0 saturated carbocycles. The van der Waals surface area contributed by atoms with Gasteiger partial charge in [0.15, 0.2) is 15.7 Å². The Kier molecular flexibility index (Phi) is 7.65. The van der Waals surface area contributed by atoms with Crippen LogP contribution < -0.4 is 15.4 Å². The molecule has 4 aromatic rings. The maximum Gasteiger partial charge on any atom is 0.229 e. The first kappa shape index (κ1) is 26.4. The summed E-state index contributed by atoms with van der Waals surface area (Å²) in [5.41, 5.74) is 3.65. The van der Waals surface area contributed by atoms with Crippen LogP contribution in [0.25, 0.3) is 11.1 Å². The Morgan fingerprint density at radius 1 is 1.00 bits per heavy atom. The van der Waals surface area contributed by atoms with Crippen LogP contribution in [0.5, 0.6) is 5.75 Å². The van der Waals surface area contributed by atoms with Gasteiger partial charge in [0.2, 0.25) is 5.95 Å². The summed E-state index contributed by atoms with van der Waals surface area (Å²) in [5.74, 6) is 0.694. The van der Waals surface area contributed by atoms with Crippen LogP contribution in [-0.2, 0) is 9.84 Å². The van der Waals surface area contributed by atoms with E-state index in [0.717, 1.165) is 16.7 Å². The SMILES string of the molecule is COc1cc(-c2ccc(F)cc2)c(C)cc1Nc1ncc(Cl)c(Nc2ccccc2S(=O)(=O)C(C)C)n1. The molecule has 0 aliphatic heterocycles. The molecule has 0 aliphatic rings. The summed E-state index contributed by atoms with van der Waals surface area (Å²) in [7, 11) is -2.00. The molecule has 0 saturated heterocycles. The largest absolute Gasteiger partial charge is 0.495 e. The quantitative estimate of drug-likeness (QED) is 0.250. The number of para-hydroxylation sites is 1. The number of hydrogen-bond donors (Lipinski definition) is 2. The Balaban J connectivity index is 1.66. The molecule has 0 unspecified atom stereocenters. The Hall–Kier alpha value is -3.69. The van der Waals surface area contributed by atoms with Crippen molar-refractivity contribution in [3.8, 4) is 16.9 Å². The second-order valence-electron chi connectivity index (χ2n) is 8.60. The van der Waals surface area contributed by atoms with Crippen molar-refractivity contribution in [2.75, 3.05) is 17.7 Å². The Bertz CT molecular complexity index is 1540. The number of sulfone groups is 1. The zero-order valence-electron chi connectivity index (χ0n) is 20.7. The van der Waals surface area contributed by atoms with E-state index >= 15 is 0 Å². The highest BCUT2D eigenvalue weighted by molar-refractivity contribution is 7.92. The lowest BCUT2D eigenvalue weighted by Crippen LogP contribution is -2.15. The van der Waals surface area contributed by atoms with E-state index in [2.05, 4.69) is 20.6 Å². The number of anilines is 4. The molecule has 1 heterocycles. The fraction of sp³-hybridized carbons (Fsp3) is 0.185. The smallest absolute Gasteiger partial charge is 0.229 e. The predicted octanol–water partition coefficient (Wildman–Crippen LogP) is 6.92. The van der Waals surface area contributed by atoms with Crippen LogP contribution in [0.15, 0.2) is 71.8 Å². The maximum atomic E-state index is 13.4. The number of methoxy groups -OCH3 is 1. The lowest BCUT2D eigenvalue weighted by Gasteiger charge is -2.17. The van der Waals surface area contributed by atoms with Gasteiger partial charge in [-0.1, -0.05) is 35.9 Å². The van der Waals surface area contributed by atoms with Gasteiger partial charge in [-0.05, 0) is 73.9 Å². The highest BCUT2D eigenvalue weighted by Gasteiger charge is 2.23. The average molecular weight is 541 g/mol. The molecule has 3 aromatic carbocycles. The fourth-order valence-electron chi connectivity index (χ4n) is 3.73. The van der Waals surface area contributed by atoms with Gasteiger partial charge in [-0.3, -0.25) is 0 Å². The van der Waals surface area contributed by atoms with Crippen molar-refractivity contribution in [1.82, 2.24) is 9.97 Å². The molecule has 0 atom stereocenters. The highest BCUT2D eigenvalue weighted by atomic mass is 35.5. The van der Waals surface area contributed by atoms with Crippen LogP contribution in [0, 0.1) is 12.7 Å². The normalized spacial score (nSPS) is 11.4. The van der Waals surface area contributed by atoms with E-state index in [4.69, 9.17) is 16.3 Å². The number of ether oxygens (including phenoxy) is 1. The van der Waals surface area contributed by atoms with Crippen LogP contribution in [0.3, 0.4) is 0 Å². The Morgan fingerprint density at radius 2 is 1.70 bits per heavy atom. The molecule has 0 amide bonds. The number of benzene rings is 3. The van der Waals surface area contributed by atoms with E-state index in [-0.39, 0.29) is 27.5 Å². The standard InChI is InChI=1S/C27H26ClFN4O3S/c1-16(2)37(34,35)25-8-6-5-7-22(25)31-26-21(28)15-30-27(33-26)32-23-13-17(3)20(14-24(23)36-4)18-9-11-19(29)12-10-18/h5-16H,1-4H3,(H2,30,31,32,33). The third-order valence-electron chi connectivity index (χ3n) is 5.76. The van der Waals surface area contributed by atoms with Crippen molar-refractivity contribution < 1.29 is 17.5 Å². The van der Waals surface area contributed by atoms with Crippen LogP contribution in [0.4, 0.5) is 27.5 Å². The number of halogens is 2. The summed E-state index contributed by atoms with van der Waals surface area (Å²) < 4.78 is 44.6. The highest BCUT2D eigenvalue weighted by Crippen LogP contribution is 2.36. The minimum absolute atomic E-state index is 0.155. The Morgan fingerprint density at radius 3 is 2.38 bits per heavy atom. The number of hydrogen-bond acceptors (Lipinski definition) is 7. The summed E-state index contributed by atoms with van der Waals surface area (Å²) in [6.07, 6.45) is 1.42. The minimum atomic E-state index is -3.54. The van der Waals surface area contributed by atoms with Gasteiger partial charge in [-0.25, -0.2) is 17.8 Å². The van der Waals surface area contributed by atoms with Crippen molar-refractivity contribution in [3.05, 3.63) is 83.3 Å². The lowest BCUT2D eigenvalue weighted by atomic mass is 9.99. The van der Waals surface area contributed by atoms with E-state index < -0.39 is 15.1 Å². The number of rotatable bonds is 8. The molecule has 0 bridgehead atoms. The van der Waals surface area contributed by atoms with Crippen molar-refractivity contribution in [2.45, 2.75) is 30.9 Å². The van der Waals surface area contributed by atoms with Gasteiger partial charge in [0.1, 0.15) is 16.6 Å². The van der Waals surface area contributed by atoms with Gasteiger partial charge in [0.05, 0.1) is 34.8 Å². The fourth-order valence-corrected chi connectivity index (χ4v) is 5.07. The Labute approximate surface area is 220 Å². The summed E-state index contributed by atoms with van der Waals surface area (Å²) in [6.45, 7) is 5.19. The number of aryl methyl sites for hydroxylation is 1. The van der Waals surface area contributed by atoms with E-state index in [1.165, 1.54) is 18.3 Å². The second-order valence-corrected chi connectivity index (χ2v) is 11.5. The van der Waals surface area contributed by atoms with Crippen LogP contribution in [-0.4, -0.2) is 30.7 Å². The zero-order chi connectivity index (χ0) is 26.7. The van der Waals surface area contributed by atoms with Crippen molar-refractivity contribution >= 4 is 44.6 Å².